The van der Waals surface area contributed by atoms with E-state index in [9.17, 15) is 2.74 Å². The van der Waals surface area contributed by atoms with Gasteiger partial charge in [0.2, 0.25) is 0 Å². The lowest BCUT2D eigenvalue weighted by atomic mass is 9.99. The van der Waals surface area contributed by atoms with Gasteiger partial charge in [0.1, 0.15) is 0 Å². The Balaban J connectivity index is 0. The molecule has 0 bridgehead atoms. The molecule has 0 rings (SSSR count). The Morgan fingerprint density at radius 2 is 0.929 bits per heavy atom. The first-order chi connectivity index (χ1) is 32.0. The van der Waals surface area contributed by atoms with Gasteiger partial charge in [-0.3, -0.25) is 0 Å². The van der Waals surface area contributed by atoms with E-state index in [1.54, 1.807) is 0 Å². The van der Waals surface area contributed by atoms with Gasteiger partial charge in [-0.15, -0.1) is 0 Å². The highest BCUT2D eigenvalue weighted by Gasteiger charge is 2.29. The smallest absolute Gasteiger partial charge is 0.0959 e. The summed E-state index contributed by atoms with van der Waals surface area (Å²) in [5.41, 5.74) is 0. The number of halogens is 1. The monoisotopic (exact) mass is 512 g/mol. The van der Waals surface area contributed by atoms with Crippen LogP contribution in [0.2, 0.25) is 0 Å². The predicted molar refractivity (Wildman–Crippen MR) is 125 cm³/mol. The van der Waals surface area contributed by atoms with Crippen LogP contribution in [0, 0.1) is 0 Å². The average molecular weight is 513 g/mol. The van der Waals surface area contributed by atoms with Crippen molar-refractivity contribution in [2.45, 2.75) is 154 Å². The summed E-state index contributed by atoms with van der Waals surface area (Å²) in [6.07, 6.45) is -94.1. The van der Waals surface area contributed by atoms with Crippen molar-refractivity contribution in [3.63, 3.8) is 0 Å². The van der Waals surface area contributed by atoms with Crippen LogP contribution < -0.4 is 17.0 Å². The first-order valence-electron chi connectivity index (χ1n) is 31.8. The van der Waals surface area contributed by atoms with E-state index in [0.29, 0.717) is 0 Å². The van der Waals surface area contributed by atoms with E-state index in [0.717, 1.165) is 0 Å². The first-order valence-corrected chi connectivity index (χ1v) is 6.84. The predicted octanol–water partition coefficient (Wildman–Crippen LogP) is 5.91. The second-order valence-electron chi connectivity index (χ2n) is 4.40. The molecule has 0 saturated carbocycles. The summed E-state index contributed by atoms with van der Waals surface area (Å²) in [7, 11) is -0.508. The molecule has 0 saturated heterocycles. The zero-order valence-corrected chi connectivity index (χ0v) is 16.4. The minimum absolute atomic E-state index is 0. The molecule has 0 aliphatic heterocycles. The fourth-order valence-electron chi connectivity index (χ4n) is 0.947. The zero-order chi connectivity index (χ0) is 64.5. The molecular formula is C26H56BrN. The topological polar surface area (TPSA) is 0 Å². The number of nitrogens with zero attached hydrogens (tertiary/aromatic N) is 1. The third-order valence-corrected chi connectivity index (χ3v) is 2.35. The van der Waals surface area contributed by atoms with Gasteiger partial charge in [-0.2, -0.15) is 0 Å². The van der Waals surface area contributed by atoms with Gasteiger partial charge in [-0.1, -0.05) is 103 Å². The Bertz CT molecular complexity index is 1990. The van der Waals surface area contributed by atoms with Crippen molar-refractivity contribution in [1.29, 1.82) is 0 Å². The van der Waals surface area contributed by atoms with Crippen LogP contribution >= 0.6 is 0 Å². The van der Waals surface area contributed by atoms with E-state index in [-0.39, 0.29) is 31.1 Å². The summed E-state index contributed by atoms with van der Waals surface area (Å²) in [4.78, 5) is 0. The van der Waals surface area contributed by atoms with E-state index in [2.05, 4.69) is 0 Å². The van der Waals surface area contributed by atoms with E-state index in [1.165, 1.54) is 0 Å². The number of rotatable bonds is 20. The molecule has 0 heterocycles. The highest BCUT2D eigenvalue weighted by atomic mass is 79.9. The molecule has 0 aromatic rings. The van der Waals surface area contributed by atoms with Crippen LogP contribution in [-0.4, -0.2) is 30.6 Å². The van der Waals surface area contributed by atoms with Gasteiger partial charge in [0.05, 0.1) is 28.9 Å². The Labute approximate surface area is 261 Å². The highest BCUT2D eigenvalue weighted by Crippen LogP contribution is 2.23. The van der Waals surface area contributed by atoms with E-state index in [4.69, 9.17) is 65.8 Å². The van der Waals surface area contributed by atoms with Crippen molar-refractivity contribution in [3.05, 3.63) is 0 Å². The van der Waals surface area contributed by atoms with Crippen molar-refractivity contribution < 1.29 is 90.0 Å². The second kappa shape index (κ2) is 20.7. The standard InChI is InChI=1S/C26H56N.BrH/c1-7-9-11-13-15-17-19-21-23-25(3)27(5,6)26(4)24-22-20-18-16-14-12-10-8-2;/h25-26H,7-24H2,1-6H3;1H/q+1;/p-1/i1D3,2D3,3D3,4D3,7D2,8D2,9D2,10D2,11D2,12D2,13D2,14D2,15D2,16D2,17D2,18D2,19D2,20D2,21D2,22D2,23D2,24D2,25D,26D;. The second-order valence-corrected chi connectivity index (χ2v) is 4.40. The maximum absolute atomic E-state index is 9.26. The number of hydrogen-bond acceptors (Lipinski definition) is 0. The Hall–Kier alpha value is 0.440. The molecule has 0 fully saturated rings. The highest BCUT2D eigenvalue weighted by molar-refractivity contribution is 4.60. The van der Waals surface area contributed by atoms with Gasteiger partial charge >= 0.3 is 0 Å². The van der Waals surface area contributed by atoms with Gasteiger partial charge in [-0.05, 0) is 39.2 Å². The van der Waals surface area contributed by atoms with Crippen molar-refractivity contribution in [3.8, 4) is 0 Å². The maximum Gasteiger partial charge on any atom is 0.0959 e. The van der Waals surface area contributed by atoms with Crippen LogP contribution in [0.15, 0.2) is 0 Å². The molecule has 0 aromatic heterocycles. The summed E-state index contributed by atoms with van der Waals surface area (Å²) < 4.78 is 410. The molecule has 28 heavy (non-hydrogen) atoms. The third-order valence-electron chi connectivity index (χ3n) is 2.35. The fraction of sp³-hybridized carbons (Fsp3) is 1.00. The molecule has 0 N–H and O–H groups in total. The van der Waals surface area contributed by atoms with Gasteiger partial charge in [0.15, 0.2) is 0 Å². The molecule has 2 unspecified atom stereocenters. The molecule has 0 spiro atoms. The number of hydrogen-bond donors (Lipinski definition) is 0. The van der Waals surface area contributed by atoms with Crippen molar-refractivity contribution in [2.24, 2.45) is 0 Å². The summed E-state index contributed by atoms with van der Waals surface area (Å²) >= 11 is 0. The first kappa shape index (κ1) is 3.66. The van der Waals surface area contributed by atoms with Crippen LogP contribution in [0.4, 0.5) is 0 Å². The van der Waals surface area contributed by atoms with Crippen molar-refractivity contribution in [1.82, 2.24) is 0 Å². The quantitative estimate of drug-likeness (QED) is 0.178. The molecule has 2 atom stereocenters. The largest absolute Gasteiger partial charge is 1.00 e. The molecular weight excluding hydrogens is 406 g/mol. The normalized spacial score (nSPS) is 53.6. The van der Waals surface area contributed by atoms with Crippen molar-refractivity contribution in [2.75, 3.05) is 14.1 Å². The molecule has 0 aliphatic carbocycles. The lowest BCUT2D eigenvalue weighted by Crippen LogP contribution is -3.00. The van der Waals surface area contributed by atoms with Crippen LogP contribution in [0.1, 0.15) is 211 Å². The summed E-state index contributed by atoms with van der Waals surface area (Å²) in [6, 6.07) is -10.8. The van der Waals surface area contributed by atoms with E-state index < -0.39 is 159 Å². The fourth-order valence-corrected chi connectivity index (χ4v) is 0.947. The lowest BCUT2D eigenvalue weighted by Gasteiger charge is -2.42. The molecule has 172 valence electrons. The molecule has 0 radical (unpaired) electrons. The maximum atomic E-state index is 9.26. The average Bonchev–Trinajstić information content (AvgIpc) is 3.16. The Morgan fingerprint density at radius 3 is 1.25 bits per heavy atom. The van der Waals surface area contributed by atoms with E-state index >= 15 is 0 Å². The Morgan fingerprint density at radius 1 is 0.607 bits per heavy atom. The summed E-state index contributed by atoms with van der Waals surface area (Å²) in [6.45, 7) is -18.6. The van der Waals surface area contributed by atoms with Gasteiger partial charge in [0.25, 0.3) is 0 Å². The zero-order valence-electron chi connectivity index (χ0n) is 64.8. The van der Waals surface area contributed by atoms with Crippen molar-refractivity contribution >= 4 is 0 Å². The molecule has 0 amide bonds. The molecule has 2 heteroatoms. The lowest BCUT2D eigenvalue weighted by molar-refractivity contribution is -0.935. The van der Waals surface area contributed by atoms with Crippen LogP contribution in [0.3, 0.4) is 0 Å². The third kappa shape index (κ3) is 16.3. The molecule has 0 aliphatic rings. The minimum atomic E-state index is -5.56. The summed E-state index contributed by atoms with van der Waals surface area (Å²) in [5, 5.41) is 0. The van der Waals surface area contributed by atoms with E-state index in [1.807, 2.05) is 0 Å². The van der Waals surface area contributed by atoms with Crippen LogP contribution in [0.25, 0.3) is 0 Å². The minimum Gasteiger partial charge on any atom is -1.00 e. The van der Waals surface area contributed by atoms with Gasteiger partial charge in [0, 0.05) is 65.8 Å². The van der Waals surface area contributed by atoms with Gasteiger partial charge in [-0.25, -0.2) is 0 Å². The summed E-state index contributed by atoms with van der Waals surface area (Å²) in [5.74, 6) is 0. The Kier molecular flexibility index (Phi) is 2.71. The SMILES string of the molecule is [2H]C([2H])([2H])C([2H])([2H])C([2H])([2H])C([2H])([2H])C([2H])([2H])C([2H])([2H])C([2H])([2H])C([2H])([2H])C([2H])([2H])C([2H])([2H])C([2H])(C([2H])([2H])[2H])[N+](C)(C)C([2H])(C([2H])([2H])[2H])C([2H])([2H])C([2H])([2H])C([2H])([2H])C([2H])([2H])C([2H])([2H])C([2H])([2H])C([2H])([2H])C([2H])([2H])C([2H])([2H])C([2H])([2H])[2H].[Br-]. The van der Waals surface area contributed by atoms with Gasteiger partial charge < -0.3 is 21.5 Å². The number of quaternary nitrogens is 1. The van der Waals surface area contributed by atoms with Crippen LogP contribution in [0.5, 0.6) is 0 Å². The molecule has 0 aromatic carbocycles. The van der Waals surface area contributed by atoms with Crippen LogP contribution in [-0.2, 0) is 0 Å². The molecule has 1 nitrogen and oxygen atoms in total.